The summed E-state index contributed by atoms with van der Waals surface area (Å²) in [6.45, 7) is -2.56. The lowest BCUT2D eigenvalue weighted by atomic mass is 10.1. The van der Waals surface area contributed by atoms with Crippen molar-refractivity contribution in [2.45, 2.75) is 31.1 Å². The van der Waals surface area contributed by atoms with E-state index in [0.29, 0.717) is 26.4 Å². The lowest BCUT2D eigenvalue weighted by molar-refractivity contribution is -0.137. The number of rotatable bonds is 6. The molecule has 0 spiro atoms. The van der Waals surface area contributed by atoms with Crippen LogP contribution in [0.4, 0.5) is 5.82 Å². The fraction of sp³-hybridized carbons (Fsp3) is 0.261. The minimum Gasteiger partial charge on any atom is -0.387 e. The molecule has 5 rings (SSSR count). The lowest BCUT2D eigenvalue weighted by Gasteiger charge is -2.17. The molecule has 11 nitrogen and oxygen atoms in total. The third-order valence-electron chi connectivity index (χ3n) is 5.66. The molecule has 1 aliphatic heterocycles. The number of hydrogen-bond donors (Lipinski definition) is 4. The molecule has 3 aromatic heterocycles. The number of halogens is 3. The lowest BCUT2D eigenvalue weighted by Crippen LogP contribution is -2.41. The van der Waals surface area contributed by atoms with Gasteiger partial charge in [-0.2, -0.15) is 0 Å². The first kappa shape index (κ1) is 22.0. The Balaban J connectivity index is 1.54. The van der Waals surface area contributed by atoms with E-state index >= 15 is 0 Å². The molecule has 0 aliphatic carbocycles. The van der Waals surface area contributed by atoms with E-state index in [0.717, 1.165) is 5.56 Å². The maximum absolute atomic E-state index is 12.4. The molecule has 0 radical (unpaired) electrons. The molecule has 0 saturated carbocycles. The zero-order valence-electron chi connectivity index (χ0n) is 21.6. The number of nitrogens with zero attached hydrogens (tertiary/aromatic N) is 5. The van der Waals surface area contributed by atoms with E-state index in [-0.39, 0.29) is 23.5 Å². The van der Waals surface area contributed by atoms with Gasteiger partial charge in [0.15, 0.2) is 35.1 Å². The summed E-state index contributed by atoms with van der Waals surface area (Å²) in [5.74, 6) is -0.624. The Morgan fingerprint density at radius 2 is 1.89 bits per heavy atom. The average Bonchev–Trinajstić information content (AvgIpc) is 3.41. The van der Waals surface area contributed by atoms with Crippen LogP contribution in [0.25, 0.3) is 22.6 Å². The largest absolute Gasteiger partial charge is 0.387 e. The number of carbonyl (C=O) groups is 1. The summed E-state index contributed by atoms with van der Waals surface area (Å²) in [6, 6.07) is 6.67. The second-order valence-electron chi connectivity index (χ2n) is 8.16. The van der Waals surface area contributed by atoms with E-state index in [1.54, 1.807) is 29.6 Å². The van der Waals surface area contributed by atoms with Gasteiger partial charge in [-0.15, -0.1) is 0 Å². The normalized spacial score (nSPS) is 22.9. The van der Waals surface area contributed by atoms with Crippen molar-refractivity contribution in [1.82, 2.24) is 29.8 Å². The quantitative estimate of drug-likeness (QED) is 0.276. The third kappa shape index (κ3) is 5.06. The molecule has 0 bridgehead atoms. The maximum Gasteiger partial charge on any atom is 0.251 e. The highest BCUT2D eigenvalue weighted by Gasteiger charge is 2.47. The number of amides is 1. The zero-order chi connectivity index (χ0) is 28.8. The Bertz CT molecular complexity index is 1570. The summed E-state index contributed by atoms with van der Waals surface area (Å²) in [5.41, 5.74) is 1.67. The van der Waals surface area contributed by atoms with Crippen molar-refractivity contribution >= 4 is 57.7 Å². The van der Waals surface area contributed by atoms with Gasteiger partial charge in [0.05, 0.1) is 11.3 Å². The molecule has 4 atom stereocenters. The van der Waals surface area contributed by atoms with Crippen molar-refractivity contribution in [3.05, 3.63) is 63.6 Å². The maximum atomic E-state index is 12.4. The molecule has 1 fully saturated rings. The van der Waals surface area contributed by atoms with Gasteiger partial charge in [0.2, 0.25) is 0 Å². The van der Waals surface area contributed by atoms with Crippen LogP contribution in [-0.4, -0.2) is 65.9 Å². The number of aromatic nitrogens is 5. The van der Waals surface area contributed by atoms with Crippen LogP contribution >= 0.6 is 34.8 Å². The topological polar surface area (TPSA) is 147 Å². The number of nitrogens with one attached hydrogen (secondary N) is 2. The van der Waals surface area contributed by atoms with Crippen molar-refractivity contribution in [3.8, 4) is 11.4 Å². The monoisotopic (exact) mass is 566 g/mol. The molecule has 1 saturated heterocycles. The number of likely N-dealkylation sites (N-methyl/N-ethyl adjacent to an activating group) is 1. The number of hydrogen-bond acceptors (Lipinski definition) is 9. The molecule has 14 heteroatoms. The Kier molecular flexibility index (Phi) is 6.15. The van der Waals surface area contributed by atoms with Crippen LogP contribution < -0.4 is 10.6 Å². The van der Waals surface area contributed by atoms with E-state index in [1.165, 1.54) is 23.3 Å². The van der Waals surface area contributed by atoms with Gasteiger partial charge in [-0.1, -0.05) is 34.8 Å². The molecule has 4 aromatic rings. The van der Waals surface area contributed by atoms with Gasteiger partial charge in [-0.25, -0.2) is 15.0 Å². The minimum atomic E-state index is -2.81. The predicted molar refractivity (Wildman–Crippen MR) is 137 cm³/mol. The van der Waals surface area contributed by atoms with Gasteiger partial charge in [-0.05, 0) is 29.8 Å². The number of carbonyl (C=O) groups excluding carboxylic acids is 1. The Labute approximate surface area is 229 Å². The number of imidazole rings is 1. The van der Waals surface area contributed by atoms with E-state index < -0.39 is 37.4 Å². The van der Waals surface area contributed by atoms with Crippen LogP contribution in [0, 0.1) is 0 Å². The molecule has 4 N–H and O–H groups in total. The van der Waals surface area contributed by atoms with E-state index in [4.69, 9.17) is 43.7 Å². The van der Waals surface area contributed by atoms with Crippen LogP contribution in [0.15, 0.2) is 43.0 Å². The smallest absolute Gasteiger partial charge is 0.251 e. The second-order valence-corrected chi connectivity index (χ2v) is 9.47. The fourth-order valence-electron chi connectivity index (χ4n) is 3.97. The number of fused-ring (bicyclic) bond motifs is 1. The van der Waals surface area contributed by atoms with Gasteiger partial charge in [-0.3, -0.25) is 14.3 Å². The Morgan fingerprint density at radius 1 is 1.11 bits per heavy atom. The van der Waals surface area contributed by atoms with Crippen LogP contribution in [-0.2, 0) is 16.1 Å². The van der Waals surface area contributed by atoms with Crippen LogP contribution in [0.3, 0.4) is 0 Å². The van der Waals surface area contributed by atoms with E-state index in [9.17, 15) is 15.0 Å². The molecular weight excluding hydrogens is 545 g/mol. The first-order valence-electron chi connectivity index (χ1n) is 12.3. The first-order valence-corrected chi connectivity index (χ1v) is 11.9. The molecule has 1 aromatic carbocycles. The Hall–Kier alpha value is -3.06. The van der Waals surface area contributed by atoms with Gasteiger partial charge in [0, 0.05) is 45.6 Å². The highest BCUT2D eigenvalue weighted by molar-refractivity contribution is 6.34. The fourth-order valence-corrected chi connectivity index (χ4v) is 4.71. The van der Waals surface area contributed by atoms with Crippen LogP contribution in [0.1, 0.15) is 15.9 Å². The molecular formula is C23H20Cl3N7O4. The number of aliphatic hydroxyl groups is 2. The standard InChI is InChI=1S/C23H20Cl3N7O4/c1-27-22(36)18-16(34)17(35)23(37-18)33-9-30-15-20(29-6-10-2-12(24)5-13(25)3-10)31-19(32-21(15)33)11-4-14(26)8-28-7-11/h2-5,7-9,16-18,23,34-35H,6H2,1H3,(H,27,36)(H,29,31,32)/t16-,17+,18-,23+/m0/s1/i1D3. The summed E-state index contributed by atoms with van der Waals surface area (Å²) in [7, 11) is 0. The highest BCUT2D eigenvalue weighted by Crippen LogP contribution is 2.34. The van der Waals surface area contributed by atoms with Gasteiger partial charge >= 0.3 is 0 Å². The van der Waals surface area contributed by atoms with E-state index in [1.807, 2.05) is 0 Å². The highest BCUT2D eigenvalue weighted by atomic mass is 35.5. The van der Waals surface area contributed by atoms with Gasteiger partial charge in [0.25, 0.3) is 5.91 Å². The molecule has 192 valence electrons. The summed E-state index contributed by atoms with van der Waals surface area (Å²) in [5, 5.41) is 27.4. The predicted octanol–water partition coefficient (Wildman–Crippen LogP) is 2.83. The minimum absolute atomic E-state index is 0.171. The van der Waals surface area contributed by atoms with Crippen molar-refractivity contribution in [2.24, 2.45) is 0 Å². The number of pyridine rings is 1. The van der Waals surface area contributed by atoms with Crippen molar-refractivity contribution < 1.29 is 23.9 Å². The molecule has 1 aliphatic rings. The summed E-state index contributed by atoms with van der Waals surface area (Å²) >= 11 is 18.4. The third-order valence-corrected chi connectivity index (χ3v) is 6.30. The second kappa shape index (κ2) is 10.4. The SMILES string of the molecule is [2H]C([2H])([2H])NC(=O)[C@H]1O[C@@H](n2cnc3c(NCc4cc(Cl)cc(Cl)c4)nc(-c4cncc(Cl)c4)nc32)[C@H](O)[C@@H]1O. The molecule has 1 amide bonds. The zero-order valence-corrected chi connectivity index (χ0v) is 20.9. The Morgan fingerprint density at radius 3 is 2.62 bits per heavy atom. The molecule has 0 unspecified atom stereocenters. The van der Waals surface area contributed by atoms with Crippen molar-refractivity contribution in [3.63, 3.8) is 0 Å². The number of benzene rings is 1. The summed E-state index contributed by atoms with van der Waals surface area (Å²) in [4.78, 5) is 30.0. The van der Waals surface area contributed by atoms with Crippen LogP contribution in [0.2, 0.25) is 15.1 Å². The van der Waals surface area contributed by atoms with E-state index in [2.05, 4.69) is 25.3 Å². The summed E-state index contributed by atoms with van der Waals surface area (Å²) < 4.78 is 28.7. The van der Waals surface area contributed by atoms with Gasteiger partial charge in [0.1, 0.15) is 12.2 Å². The first-order chi connectivity index (χ1) is 18.9. The average molecular weight is 568 g/mol. The number of aliphatic hydroxyl groups excluding tert-OH is 2. The van der Waals surface area contributed by atoms with Gasteiger partial charge < -0.3 is 25.6 Å². The molecule has 37 heavy (non-hydrogen) atoms. The molecule has 4 heterocycles. The summed E-state index contributed by atoms with van der Waals surface area (Å²) in [6.07, 6.45) is -2.10. The number of ether oxygens (including phenoxy) is 1. The number of anilines is 1. The van der Waals surface area contributed by atoms with Crippen molar-refractivity contribution in [1.29, 1.82) is 0 Å². The van der Waals surface area contributed by atoms with Crippen molar-refractivity contribution in [2.75, 3.05) is 12.3 Å². The van der Waals surface area contributed by atoms with Crippen LogP contribution in [0.5, 0.6) is 0 Å².